The lowest BCUT2D eigenvalue weighted by molar-refractivity contribution is 0.0689. The van der Waals surface area contributed by atoms with Gasteiger partial charge in [-0.1, -0.05) is 12.8 Å². The zero-order chi connectivity index (χ0) is 20.9. The highest BCUT2D eigenvalue weighted by Gasteiger charge is 2.25. The molecule has 0 aromatic carbocycles. The number of unbranched alkanes of at least 4 members (excludes halogenated alkanes) is 1. The first-order valence-corrected chi connectivity index (χ1v) is 12.1. The van der Waals surface area contributed by atoms with Crippen LogP contribution in [-0.2, 0) is 0 Å². The molecule has 0 aliphatic carbocycles. The number of rotatable bonds is 7. The molecule has 0 saturated carbocycles. The first kappa shape index (κ1) is 20.9. The number of thiophene rings is 1. The van der Waals surface area contributed by atoms with Crippen molar-refractivity contribution in [3.05, 3.63) is 45.5 Å². The Hall–Kier alpha value is -2.32. The Kier molecular flexibility index (Phi) is 6.74. The highest BCUT2D eigenvalue weighted by Crippen LogP contribution is 2.26. The Bertz CT molecular complexity index is 988. The fourth-order valence-electron chi connectivity index (χ4n) is 3.92. The molecule has 3 aromatic heterocycles. The van der Waals surface area contributed by atoms with Crippen LogP contribution >= 0.6 is 22.7 Å². The predicted octanol–water partition coefficient (Wildman–Crippen LogP) is 4.51. The number of hydrogen-bond donors (Lipinski definition) is 1. The van der Waals surface area contributed by atoms with E-state index in [2.05, 4.69) is 15.3 Å². The van der Waals surface area contributed by atoms with Crippen molar-refractivity contribution in [3.8, 4) is 0 Å². The molecule has 8 heteroatoms. The third-order valence-corrected chi connectivity index (χ3v) is 7.71. The first-order chi connectivity index (χ1) is 14.6. The van der Waals surface area contributed by atoms with Crippen molar-refractivity contribution < 1.29 is 9.59 Å². The van der Waals surface area contributed by atoms with Gasteiger partial charge in [-0.05, 0) is 49.6 Å². The van der Waals surface area contributed by atoms with Gasteiger partial charge in [0.1, 0.15) is 4.88 Å². The molecule has 1 aliphatic rings. The second-order valence-electron chi connectivity index (χ2n) is 7.78. The summed E-state index contributed by atoms with van der Waals surface area (Å²) in [6.07, 6.45) is 8.91. The quantitative estimate of drug-likeness (QED) is 0.546. The molecule has 2 amide bonds. The van der Waals surface area contributed by atoms with Crippen LogP contribution in [0.4, 0.5) is 0 Å². The van der Waals surface area contributed by atoms with E-state index in [4.69, 9.17) is 0 Å². The van der Waals surface area contributed by atoms with Gasteiger partial charge in [-0.3, -0.25) is 14.6 Å². The first-order valence-electron chi connectivity index (χ1n) is 10.4. The molecule has 6 nitrogen and oxygen atoms in total. The van der Waals surface area contributed by atoms with Gasteiger partial charge in [-0.25, -0.2) is 4.98 Å². The van der Waals surface area contributed by atoms with Crippen molar-refractivity contribution in [2.45, 2.75) is 39.0 Å². The van der Waals surface area contributed by atoms with Crippen molar-refractivity contribution in [2.24, 2.45) is 5.92 Å². The van der Waals surface area contributed by atoms with E-state index in [0.29, 0.717) is 12.5 Å². The lowest BCUT2D eigenvalue weighted by Crippen LogP contribution is -2.38. The molecule has 1 fully saturated rings. The minimum Gasteiger partial charge on any atom is -0.351 e. The van der Waals surface area contributed by atoms with Gasteiger partial charge in [0.25, 0.3) is 11.8 Å². The van der Waals surface area contributed by atoms with Gasteiger partial charge >= 0.3 is 0 Å². The Morgan fingerprint density at radius 3 is 2.83 bits per heavy atom. The second-order valence-corrected chi connectivity index (χ2v) is 9.72. The highest BCUT2D eigenvalue weighted by atomic mass is 32.1. The molecule has 0 unspecified atom stereocenters. The molecule has 0 radical (unpaired) electrons. The van der Waals surface area contributed by atoms with Crippen molar-refractivity contribution in [3.63, 3.8) is 0 Å². The maximum atomic E-state index is 12.6. The van der Waals surface area contributed by atoms with Gasteiger partial charge in [-0.2, -0.15) is 0 Å². The molecule has 1 saturated heterocycles. The Morgan fingerprint density at radius 1 is 1.27 bits per heavy atom. The lowest BCUT2D eigenvalue weighted by atomic mass is 9.91. The number of aromatic nitrogens is 2. The van der Waals surface area contributed by atoms with Gasteiger partial charge in [0.2, 0.25) is 0 Å². The van der Waals surface area contributed by atoms with Crippen LogP contribution in [0.5, 0.6) is 0 Å². The molecule has 3 aromatic rings. The number of likely N-dealkylation sites (tertiary alicyclic amines) is 1. The fourth-order valence-corrected chi connectivity index (χ4v) is 5.63. The summed E-state index contributed by atoms with van der Waals surface area (Å²) < 4.78 is 1.04. The van der Waals surface area contributed by atoms with Crippen LogP contribution in [-0.4, -0.2) is 46.3 Å². The number of aryl methyl sites for hydroxylation is 1. The van der Waals surface area contributed by atoms with Crippen LogP contribution in [0.15, 0.2) is 30.0 Å². The van der Waals surface area contributed by atoms with E-state index < -0.39 is 0 Å². The minimum atomic E-state index is 0.00128. The number of carbonyl (C=O) groups is 2. The van der Waals surface area contributed by atoms with Gasteiger partial charge in [0.15, 0.2) is 0 Å². The van der Waals surface area contributed by atoms with Crippen LogP contribution in [0.25, 0.3) is 10.1 Å². The third kappa shape index (κ3) is 4.87. The summed E-state index contributed by atoms with van der Waals surface area (Å²) in [7, 11) is 0. The SMILES string of the molecule is Cc1ncsc1C(=O)N1CCC(CCCCNC(=O)c2cc3ccncc3s2)CC1. The number of piperidine rings is 1. The van der Waals surface area contributed by atoms with E-state index in [-0.39, 0.29) is 11.8 Å². The normalized spacial score (nSPS) is 14.9. The maximum absolute atomic E-state index is 12.6. The lowest BCUT2D eigenvalue weighted by Gasteiger charge is -2.31. The fraction of sp³-hybridized carbons (Fsp3) is 0.455. The monoisotopic (exact) mass is 442 g/mol. The van der Waals surface area contributed by atoms with Gasteiger partial charge < -0.3 is 10.2 Å². The van der Waals surface area contributed by atoms with Gasteiger partial charge in [-0.15, -0.1) is 22.7 Å². The van der Waals surface area contributed by atoms with E-state index in [1.807, 2.05) is 24.0 Å². The van der Waals surface area contributed by atoms with Crippen LogP contribution in [0.1, 0.15) is 57.1 Å². The molecule has 158 valence electrons. The molecule has 4 heterocycles. The molecule has 0 atom stereocenters. The van der Waals surface area contributed by atoms with E-state index in [1.54, 1.807) is 17.9 Å². The number of nitrogens with zero attached hydrogens (tertiary/aromatic N) is 3. The molecule has 4 rings (SSSR count). The number of hydrogen-bond acceptors (Lipinski definition) is 6. The Morgan fingerprint density at radius 2 is 2.10 bits per heavy atom. The van der Waals surface area contributed by atoms with Gasteiger partial charge in [0.05, 0.1) is 20.8 Å². The Balaban J connectivity index is 1.13. The standard InChI is InChI=1S/C22H26N4O2S2/c1-15-20(29-14-25-15)22(28)26-10-6-16(7-11-26)4-2-3-8-24-21(27)18-12-17-5-9-23-13-19(17)30-18/h5,9,12-14,16H,2-4,6-8,10-11H2,1H3,(H,24,27). The smallest absolute Gasteiger partial charge is 0.265 e. The topological polar surface area (TPSA) is 75.2 Å². The zero-order valence-corrected chi connectivity index (χ0v) is 18.7. The summed E-state index contributed by atoms with van der Waals surface area (Å²) in [5.74, 6) is 0.803. The van der Waals surface area contributed by atoms with Crippen molar-refractivity contribution in [2.75, 3.05) is 19.6 Å². The van der Waals surface area contributed by atoms with Crippen LogP contribution in [0.2, 0.25) is 0 Å². The summed E-state index contributed by atoms with van der Waals surface area (Å²) in [5.41, 5.74) is 2.58. The summed E-state index contributed by atoms with van der Waals surface area (Å²) >= 11 is 2.92. The molecule has 1 N–H and O–H groups in total. The average Bonchev–Trinajstić information content (AvgIpc) is 3.39. The average molecular weight is 443 g/mol. The second kappa shape index (κ2) is 9.66. The molecular formula is C22H26N4O2S2. The van der Waals surface area contributed by atoms with Crippen molar-refractivity contribution >= 4 is 44.6 Å². The highest BCUT2D eigenvalue weighted by molar-refractivity contribution is 7.20. The van der Waals surface area contributed by atoms with E-state index in [1.165, 1.54) is 22.7 Å². The van der Waals surface area contributed by atoms with Gasteiger partial charge in [0, 0.05) is 32.0 Å². The number of pyridine rings is 1. The summed E-state index contributed by atoms with van der Waals surface area (Å²) in [5, 5.41) is 4.10. The predicted molar refractivity (Wildman–Crippen MR) is 121 cm³/mol. The van der Waals surface area contributed by atoms with E-state index in [9.17, 15) is 9.59 Å². The summed E-state index contributed by atoms with van der Waals surface area (Å²) in [6, 6.07) is 3.86. The number of thiazole rings is 1. The molecule has 0 bridgehead atoms. The number of carbonyl (C=O) groups excluding carboxylic acids is 2. The van der Waals surface area contributed by atoms with E-state index >= 15 is 0 Å². The maximum Gasteiger partial charge on any atom is 0.265 e. The molecule has 0 spiro atoms. The number of amides is 2. The van der Waals surface area contributed by atoms with Crippen LogP contribution in [0.3, 0.4) is 0 Å². The largest absolute Gasteiger partial charge is 0.351 e. The van der Waals surface area contributed by atoms with Crippen LogP contribution in [0, 0.1) is 12.8 Å². The van der Waals surface area contributed by atoms with Crippen molar-refractivity contribution in [1.82, 2.24) is 20.2 Å². The molecule has 1 aliphatic heterocycles. The molecule has 30 heavy (non-hydrogen) atoms. The van der Waals surface area contributed by atoms with Crippen LogP contribution < -0.4 is 5.32 Å². The Labute approximate surface area is 184 Å². The van der Waals surface area contributed by atoms with Crippen molar-refractivity contribution in [1.29, 1.82) is 0 Å². The zero-order valence-electron chi connectivity index (χ0n) is 17.1. The summed E-state index contributed by atoms with van der Waals surface area (Å²) in [6.45, 7) is 4.26. The number of nitrogens with one attached hydrogen (secondary N) is 1. The number of fused-ring (bicyclic) bond motifs is 1. The molecular weight excluding hydrogens is 416 g/mol. The van der Waals surface area contributed by atoms with E-state index in [0.717, 1.165) is 70.7 Å². The third-order valence-electron chi connectivity index (χ3n) is 5.71. The minimum absolute atomic E-state index is 0.00128. The summed E-state index contributed by atoms with van der Waals surface area (Å²) in [4.78, 5) is 36.7.